The molecule has 0 aliphatic carbocycles. The third kappa shape index (κ3) is 3.46. The van der Waals surface area contributed by atoms with Gasteiger partial charge in [-0.3, -0.25) is 0 Å². The van der Waals surface area contributed by atoms with Crippen LogP contribution in [0.2, 0.25) is 5.02 Å². The van der Waals surface area contributed by atoms with E-state index in [0.717, 1.165) is 44.7 Å². The quantitative estimate of drug-likeness (QED) is 0.384. The number of aryl methyl sites for hydroxylation is 1. The number of pyridine rings is 1. The maximum absolute atomic E-state index is 12.1. The van der Waals surface area contributed by atoms with Crippen LogP contribution < -0.4 is 0 Å². The van der Waals surface area contributed by atoms with Gasteiger partial charge in [-0.25, -0.2) is 13.4 Å². The molecule has 2 aromatic heterocycles. The molecule has 1 aliphatic heterocycles. The monoisotopic (exact) mass is 450 g/mol. The van der Waals surface area contributed by atoms with Crippen molar-refractivity contribution in [3.63, 3.8) is 0 Å². The second-order valence-electron chi connectivity index (χ2n) is 8.24. The lowest BCUT2D eigenvalue weighted by atomic mass is 9.98. The topological polar surface area (TPSA) is 52.0 Å². The second kappa shape index (κ2) is 7.50. The lowest BCUT2D eigenvalue weighted by Gasteiger charge is -2.17. The molecule has 0 saturated carbocycles. The summed E-state index contributed by atoms with van der Waals surface area (Å²) in [5.74, 6) is 0.439. The Bertz CT molecular complexity index is 1410. The van der Waals surface area contributed by atoms with Gasteiger partial charge in [0.25, 0.3) is 0 Å². The molecule has 1 atom stereocenters. The number of para-hydroxylation sites is 1. The average Bonchev–Trinajstić information content (AvgIpc) is 3.25. The van der Waals surface area contributed by atoms with Gasteiger partial charge >= 0.3 is 0 Å². The SMILES string of the molecule is Cc1cc(-c2nc3ccccc3c(-c3ccccc3)c2Cl)c(C)n1C1CCS(=O)(=O)C1. The van der Waals surface area contributed by atoms with Crippen LogP contribution in [0.4, 0.5) is 0 Å². The highest BCUT2D eigenvalue weighted by Gasteiger charge is 2.31. The Balaban J connectivity index is 1.74. The molecule has 1 saturated heterocycles. The van der Waals surface area contributed by atoms with Gasteiger partial charge in [-0.05, 0) is 38.0 Å². The molecule has 1 unspecified atom stereocenters. The van der Waals surface area contributed by atoms with Crippen molar-refractivity contribution in [1.29, 1.82) is 0 Å². The predicted molar refractivity (Wildman–Crippen MR) is 127 cm³/mol. The Morgan fingerprint density at radius 1 is 1.03 bits per heavy atom. The zero-order valence-electron chi connectivity index (χ0n) is 17.5. The van der Waals surface area contributed by atoms with E-state index in [1.807, 2.05) is 56.3 Å². The van der Waals surface area contributed by atoms with E-state index in [0.29, 0.717) is 11.4 Å². The number of halogens is 1. The fourth-order valence-corrected chi connectivity index (χ4v) is 6.87. The number of hydrogen-bond acceptors (Lipinski definition) is 3. The second-order valence-corrected chi connectivity index (χ2v) is 10.9. The van der Waals surface area contributed by atoms with Crippen molar-refractivity contribution < 1.29 is 8.42 Å². The molecule has 2 aromatic carbocycles. The van der Waals surface area contributed by atoms with Crippen molar-refractivity contribution in [2.75, 3.05) is 11.5 Å². The van der Waals surface area contributed by atoms with Gasteiger partial charge in [0.05, 0.1) is 27.7 Å². The molecular formula is C25H23ClN2O2S. The minimum absolute atomic E-state index is 0.0356. The van der Waals surface area contributed by atoms with Crippen LogP contribution in [-0.2, 0) is 9.84 Å². The van der Waals surface area contributed by atoms with E-state index in [1.54, 1.807) is 0 Å². The zero-order valence-corrected chi connectivity index (χ0v) is 19.0. The van der Waals surface area contributed by atoms with Gasteiger partial charge in [0.2, 0.25) is 0 Å². The zero-order chi connectivity index (χ0) is 21.8. The number of hydrogen-bond donors (Lipinski definition) is 0. The normalized spacial score (nSPS) is 18.0. The van der Waals surface area contributed by atoms with E-state index in [-0.39, 0.29) is 17.5 Å². The van der Waals surface area contributed by atoms with Crippen LogP contribution in [0.1, 0.15) is 23.9 Å². The van der Waals surface area contributed by atoms with Crippen molar-refractivity contribution in [3.8, 4) is 22.4 Å². The van der Waals surface area contributed by atoms with Gasteiger partial charge in [-0.2, -0.15) is 0 Å². The Morgan fingerprint density at radius 3 is 2.45 bits per heavy atom. The van der Waals surface area contributed by atoms with E-state index in [9.17, 15) is 8.42 Å². The van der Waals surface area contributed by atoms with Crippen LogP contribution in [0, 0.1) is 13.8 Å². The van der Waals surface area contributed by atoms with Crippen molar-refractivity contribution in [2.45, 2.75) is 26.3 Å². The highest BCUT2D eigenvalue weighted by atomic mass is 35.5. The van der Waals surface area contributed by atoms with Crippen LogP contribution in [-0.4, -0.2) is 29.5 Å². The van der Waals surface area contributed by atoms with Crippen molar-refractivity contribution in [1.82, 2.24) is 9.55 Å². The van der Waals surface area contributed by atoms with E-state index in [1.165, 1.54) is 0 Å². The number of rotatable bonds is 3. The first kappa shape index (κ1) is 20.3. The molecular weight excluding hydrogens is 428 g/mol. The highest BCUT2D eigenvalue weighted by molar-refractivity contribution is 7.91. The molecule has 0 radical (unpaired) electrons. The summed E-state index contributed by atoms with van der Waals surface area (Å²) < 4.78 is 26.3. The Kier molecular flexibility index (Phi) is 4.91. The van der Waals surface area contributed by atoms with Crippen molar-refractivity contribution >= 4 is 32.3 Å². The fourth-order valence-electron chi connectivity index (χ4n) is 4.81. The van der Waals surface area contributed by atoms with E-state index in [4.69, 9.17) is 16.6 Å². The fraction of sp³-hybridized carbons (Fsp3) is 0.240. The highest BCUT2D eigenvalue weighted by Crippen LogP contribution is 2.42. The summed E-state index contributed by atoms with van der Waals surface area (Å²) in [5, 5.41) is 1.63. The van der Waals surface area contributed by atoms with Gasteiger partial charge in [-0.15, -0.1) is 0 Å². The summed E-state index contributed by atoms with van der Waals surface area (Å²) >= 11 is 7.03. The molecule has 4 nitrogen and oxygen atoms in total. The Morgan fingerprint density at radius 2 is 1.74 bits per heavy atom. The van der Waals surface area contributed by atoms with E-state index < -0.39 is 9.84 Å². The average molecular weight is 451 g/mol. The summed E-state index contributed by atoms with van der Waals surface area (Å²) in [6.07, 6.45) is 0.645. The minimum atomic E-state index is -2.97. The van der Waals surface area contributed by atoms with Crippen LogP contribution in [0.3, 0.4) is 0 Å². The molecule has 1 fully saturated rings. The molecule has 0 bridgehead atoms. The number of sulfone groups is 1. The van der Waals surface area contributed by atoms with Gasteiger partial charge in [0, 0.05) is 33.9 Å². The first-order valence-corrected chi connectivity index (χ1v) is 12.6. The molecule has 5 rings (SSSR count). The van der Waals surface area contributed by atoms with Crippen LogP contribution >= 0.6 is 11.6 Å². The summed E-state index contributed by atoms with van der Waals surface area (Å²) in [5.41, 5.74) is 6.62. The maximum Gasteiger partial charge on any atom is 0.152 e. The Labute approximate surface area is 187 Å². The standard InChI is InChI=1S/C25H23ClN2O2S/c1-16-14-21(17(2)28(16)19-12-13-31(29,30)15-19)25-24(26)23(18-8-4-3-5-9-18)20-10-6-7-11-22(20)27-25/h3-11,14,19H,12-13,15H2,1-2H3. The molecule has 0 amide bonds. The lowest BCUT2D eigenvalue weighted by Crippen LogP contribution is -2.13. The van der Waals surface area contributed by atoms with Crippen LogP contribution in [0.5, 0.6) is 0 Å². The van der Waals surface area contributed by atoms with Gasteiger partial charge in [0.15, 0.2) is 9.84 Å². The maximum atomic E-state index is 12.1. The minimum Gasteiger partial charge on any atom is -0.344 e. The molecule has 0 N–H and O–H groups in total. The largest absolute Gasteiger partial charge is 0.344 e. The third-order valence-corrected chi connectivity index (χ3v) is 8.33. The molecule has 4 aromatic rings. The van der Waals surface area contributed by atoms with Gasteiger partial charge in [0.1, 0.15) is 0 Å². The summed E-state index contributed by atoms with van der Waals surface area (Å²) in [6, 6.07) is 20.2. The van der Waals surface area contributed by atoms with Crippen LogP contribution in [0.15, 0.2) is 60.7 Å². The molecule has 6 heteroatoms. The molecule has 3 heterocycles. The molecule has 31 heavy (non-hydrogen) atoms. The first-order chi connectivity index (χ1) is 14.9. The van der Waals surface area contributed by atoms with Gasteiger partial charge < -0.3 is 4.57 Å². The van der Waals surface area contributed by atoms with Crippen molar-refractivity contribution in [2.24, 2.45) is 0 Å². The van der Waals surface area contributed by atoms with Crippen molar-refractivity contribution in [3.05, 3.63) is 77.1 Å². The summed E-state index contributed by atoms with van der Waals surface area (Å²) in [7, 11) is -2.97. The van der Waals surface area contributed by atoms with Gasteiger partial charge in [-0.1, -0.05) is 60.1 Å². The predicted octanol–water partition coefficient (Wildman–Crippen LogP) is 6.00. The summed E-state index contributed by atoms with van der Waals surface area (Å²) in [6.45, 7) is 4.05. The van der Waals surface area contributed by atoms with E-state index in [2.05, 4.69) is 22.8 Å². The number of nitrogens with zero attached hydrogens (tertiary/aromatic N) is 2. The molecule has 0 spiro atoms. The number of benzene rings is 2. The van der Waals surface area contributed by atoms with Crippen LogP contribution in [0.25, 0.3) is 33.3 Å². The first-order valence-electron chi connectivity index (χ1n) is 10.4. The molecule has 158 valence electrons. The number of aromatic nitrogens is 2. The number of fused-ring (bicyclic) bond motifs is 1. The van der Waals surface area contributed by atoms with E-state index >= 15 is 0 Å². The Hall–Kier alpha value is -2.63. The lowest BCUT2D eigenvalue weighted by molar-refractivity contribution is 0.536. The summed E-state index contributed by atoms with van der Waals surface area (Å²) in [4.78, 5) is 4.94. The smallest absolute Gasteiger partial charge is 0.152 e. The molecule has 1 aliphatic rings. The third-order valence-electron chi connectivity index (χ3n) is 6.21.